The highest BCUT2D eigenvalue weighted by Crippen LogP contribution is 2.20. The summed E-state index contributed by atoms with van der Waals surface area (Å²) < 4.78 is 19.2. The highest BCUT2D eigenvalue weighted by atomic mass is 35.5. The van der Waals surface area contributed by atoms with Gasteiger partial charge in [0.25, 0.3) is 5.91 Å². The van der Waals surface area contributed by atoms with Gasteiger partial charge in [-0.05, 0) is 30.3 Å². The third kappa shape index (κ3) is 4.47. The summed E-state index contributed by atoms with van der Waals surface area (Å²) in [7, 11) is 0. The number of amides is 1. The van der Waals surface area contributed by atoms with Gasteiger partial charge in [-0.15, -0.1) is 0 Å². The topological polar surface area (TPSA) is 58.9 Å². The number of nitrogens with one attached hydrogen (secondary N) is 1. The van der Waals surface area contributed by atoms with Crippen LogP contribution in [-0.2, 0) is 4.79 Å². The van der Waals surface area contributed by atoms with Gasteiger partial charge in [0.05, 0.1) is 12.0 Å². The molecule has 0 aliphatic heterocycles. The van der Waals surface area contributed by atoms with E-state index in [1.807, 2.05) is 41.7 Å². The molecule has 0 aliphatic rings. The molecule has 0 unspecified atom stereocenters. The van der Waals surface area contributed by atoms with Crippen LogP contribution in [0.1, 0.15) is 17.4 Å². The molecule has 2 aromatic carbocycles. The van der Waals surface area contributed by atoms with E-state index in [4.69, 9.17) is 16.0 Å². The van der Waals surface area contributed by atoms with Crippen LogP contribution in [0.5, 0.6) is 0 Å². The minimum Gasteiger partial charge on any atom is -0.463 e. The van der Waals surface area contributed by atoms with Crippen LogP contribution in [0.3, 0.4) is 0 Å². The Morgan fingerprint density at radius 1 is 1.16 bits per heavy atom. The molecule has 0 aliphatic carbocycles. The Kier molecular flexibility index (Phi) is 5.48. The van der Waals surface area contributed by atoms with Crippen molar-refractivity contribution >= 4 is 23.2 Å². The molecule has 1 amide bonds. The van der Waals surface area contributed by atoms with Gasteiger partial charge < -0.3 is 15.1 Å². The molecule has 3 rings (SSSR count). The molecule has 4 nitrogen and oxygen atoms in total. The highest BCUT2D eigenvalue weighted by Gasteiger charge is 2.21. The normalized spacial score (nSPS) is 11.9. The first-order valence-corrected chi connectivity index (χ1v) is 8.18. The van der Waals surface area contributed by atoms with E-state index in [1.54, 1.807) is 12.3 Å². The van der Waals surface area contributed by atoms with Crippen LogP contribution < -0.4 is 10.6 Å². The quantitative estimate of drug-likeness (QED) is 0.709. The van der Waals surface area contributed by atoms with Crippen molar-refractivity contribution in [3.8, 4) is 0 Å². The minimum absolute atomic E-state index is 0.0696. The summed E-state index contributed by atoms with van der Waals surface area (Å²) >= 11 is 5.84. The number of hydrogen-bond acceptors (Lipinski definition) is 2. The Labute approximate surface area is 149 Å². The first-order valence-electron chi connectivity index (χ1n) is 7.80. The predicted octanol–water partition coefficient (Wildman–Crippen LogP) is 3.36. The van der Waals surface area contributed by atoms with Gasteiger partial charge in [0.1, 0.15) is 5.82 Å². The van der Waals surface area contributed by atoms with Crippen LogP contribution in [0.15, 0.2) is 71.3 Å². The molecule has 0 spiro atoms. The van der Waals surface area contributed by atoms with Crippen LogP contribution in [0.25, 0.3) is 0 Å². The maximum Gasteiger partial charge on any atom is 0.279 e. The van der Waals surface area contributed by atoms with Crippen molar-refractivity contribution in [2.75, 3.05) is 11.9 Å². The molecule has 0 saturated heterocycles. The number of anilines is 1. The Morgan fingerprint density at radius 3 is 2.68 bits per heavy atom. The standard InChI is InChI=1S/C19H16ClFN2O2/c20-14-8-9-15(21)16(11-14)23-18(24)12-22-19(17-7-4-10-25-17)13-5-2-1-3-6-13/h1-11,19,22H,12H2,(H,23,24)/p+1/t19-/m1/s1. The van der Waals surface area contributed by atoms with E-state index in [0.29, 0.717) is 5.02 Å². The summed E-state index contributed by atoms with van der Waals surface area (Å²) in [6.45, 7) is 0.103. The summed E-state index contributed by atoms with van der Waals surface area (Å²) in [6, 6.07) is 17.3. The first-order chi connectivity index (χ1) is 12.1. The first kappa shape index (κ1) is 17.2. The fourth-order valence-electron chi connectivity index (χ4n) is 2.56. The number of halogens is 2. The molecule has 6 heteroatoms. The van der Waals surface area contributed by atoms with Gasteiger partial charge in [0, 0.05) is 10.6 Å². The lowest BCUT2D eigenvalue weighted by Crippen LogP contribution is -2.87. The lowest BCUT2D eigenvalue weighted by atomic mass is 10.0. The number of furan rings is 1. The maximum atomic E-state index is 13.7. The average Bonchev–Trinajstić information content (AvgIpc) is 3.14. The lowest BCUT2D eigenvalue weighted by molar-refractivity contribution is -0.678. The molecular weight excluding hydrogens is 343 g/mol. The number of carbonyl (C=O) groups is 1. The van der Waals surface area contributed by atoms with Gasteiger partial charge in [0.2, 0.25) is 0 Å². The highest BCUT2D eigenvalue weighted by molar-refractivity contribution is 6.30. The molecule has 1 aromatic heterocycles. The van der Waals surface area contributed by atoms with Crippen molar-refractivity contribution in [3.63, 3.8) is 0 Å². The predicted molar refractivity (Wildman–Crippen MR) is 93.8 cm³/mol. The zero-order valence-corrected chi connectivity index (χ0v) is 14.0. The molecule has 128 valence electrons. The number of benzene rings is 2. The SMILES string of the molecule is O=C(C[NH2+][C@H](c1ccccc1)c1ccco1)Nc1cc(Cl)ccc1F. The summed E-state index contributed by atoms with van der Waals surface area (Å²) in [5, 5.41) is 4.74. The van der Waals surface area contributed by atoms with E-state index in [9.17, 15) is 9.18 Å². The second kappa shape index (κ2) is 7.96. The minimum atomic E-state index is -0.525. The molecule has 0 fully saturated rings. The molecule has 25 heavy (non-hydrogen) atoms. The van der Waals surface area contributed by atoms with Crippen molar-refractivity contribution in [1.29, 1.82) is 0 Å². The number of rotatable bonds is 6. The number of nitrogens with two attached hydrogens (primary N) is 1. The smallest absolute Gasteiger partial charge is 0.279 e. The van der Waals surface area contributed by atoms with E-state index >= 15 is 0 Å². The fraction of sp³-hybridized carbons (Fsp3) is 0.105. The second-order valence-electron chi connectivity index (χ2n) is 5.52. The maximum absolute atomic E-state index is 13.7. The van der Waals surface area contributed by atoms with Crippen LogP contribution >= 0.6 is 11.6 Å². The van der Waals surface area contributed by atoms with E-state index in [2.05, 4.69) is 5.32 Å². The Morgan fingerprint density at radius 2 is 1.96 bits per heavy atom. The number of hydrogen-bond donors (Lipinski definition) is 2. The Hall–Kier alpha value is -2.63. The lowest BCUT2D eigenvalue weighted by Gasteiger charge is -2.14. The van der Waals surface area contributed by atoms with Gasteiger partial charge in [-0.3, -0.25) is 4.79 Å². The Balaban J connectivity index is 1.69. The molecule has 3 aromatic rings. The van der Waals surface area contributed by atoms with Crippen molar-refractivity contribution in [2.45, 2.75) is 6.04 Å². The van der Waals surface area contributed by atoms with Gasteiger partial charge in [0.15, 0.2) is 18.3 Å². The average molecular weight is 360 g/mol. The monoisotopic (exact) mass is 359 g/mol. The summed E-state index contributed by atoms with van der Waals surface area (Å²) in [5.74, 6) is -0.106. The summed E-state index contributed by atoms with van der Waals surface area (Å²) in [6.07, 6.45) is 1.60. The second-order valence-corrected chi connectivity index (χ2v) is 5.95. The van der Waals surface area contributed by atoms with Gasteiger partial charge in [-0.2, -0.15) is 0 Å². The largest absolute Gasteiger partial charge is 0.463 e. The van der Waals surface area contributed by atoms with E-state index in [0.717, 1.165) is 11.3 Å². The van der Waals surface area contributed by atoms with Crippen molar-refractivity contribution < 1.29 is 18.9 Å². The number of carbonyl (C=O) groups excluding carboxylic acids is 1. The molecular formula is C19H17ClFN2O2+. The fourth-order valence-corrected chi connectivity index (χ4v) is 2.74. The van der Waals surface area contributed by atoms with Crippen LogP contribution in [0, 0.1) is 5.82 Å². The third-order valence-corrected chi connectivity index (χ3v) is 3.98. The molecule has 1 heterocycles. The molecule has 1 atom stereocenters. The van der Waals surface area contributed by atoms with Crippen LogP contribution in [0.2, 0.25) is 5.02 Å². The van der Waals surface area contributed by atoms with Gasteiger partial charge in [-0.25, -0.2) is 4.39 Å². The third-order valence-electron chi connectivity index (χ3n) is 3.75. The van der Waals surface area contributed by atoms with Crippen LogP contribution in [0.4, 0.5) is 10.1 Å². The van der Waals surface area contributed by atoms with Crippen LogP contribution in [-0.4, -0.2) is 12.5 Å². The van der Waals surface area contributed by atoms with Crippen molar-refractivity contribution in [2.24, 2.45) is 0 Å². The van der Waals surface area contributed by atoms with E-state index in [1.165, 1.54) is 18.2 Å². The van der Waals surface area contributed by atoms with E-state index < -0.39 is 5.82 Å². The van der Waals surface area contributed by atoms with Crippen molar-refractivity contribution in [3.05, 3.63) is 89.1 Å². The summed E-state index contributed by atoms with van der Waals surface area (Å²) in [5.41, 5.74) is 1.08. The molecule has 3 N–H and O–H groups in total. The Bertz CT molecular complexity index is 838. The van der Waals surface area contributed by atoms with Gasteiger partial charge in [-0.1, -0.05) is 41.9 Å². The summed E-state index contributed by atoms with van der Waals surface area (Å²) in [4.78, 5) is 12.2. The zero-order chi connectivity index (χ0) is 17.6. The zero-order valence-electron chi connectivity index (χ0n) is 13.3. The van der Waals surface area contributed by atoms with E-state index in [-0.39, 0.29) is 24.2 Å². The van der Waals surface area contributed by atoms with Crippen molar-refractivity contribution in [1.82, 2.24) is 0 Å². The molecule has 0 saturated carbocycles. The molecule has 0 radical (unpaired) electrons. The molecule has 0 bridgehead atoms. The van der Waals surface area contributed by atoms with Gasteiger partial charge >= 0.3 is 0 Å². The number of quaternary nitrogens is 1.